The Kier molecular flexibility index (Phi) is 3.03. The molecule has 0 saturated heterocycles. The minimum absolute atomic E-state index is 0.358. The van der Waals surface area contributed by atoms with Gasteiger partial charge in [-0.1, -0.05) is 28.1 Å². The van der Waals surface area contributed by atoms with E-state index in [0.29, 0.717) is 23.1 Å². The molecule has 3 rings (SSSR count). The van der Waals surface area contributed by atoms with Crippen molar-refractivity contribution in [2.45, 2.75) is 25.3 Å². The minimum atomic E-state index is 0.358. The Morgan fingerprint density at radius 2 is 2.00 bits per heavy atom. The van der Waals surface area contributed by atoms with Gasteiger partial charge in [-0.15, -0.1) is 0 Å². The molecule has 1 aromatic carbocycles. The first-order valence-corrected chi connectivity index (χ1v) is 7.04. The summed E-state index contributed by atoms with van der Waals surface area (Å²) in [7, 11) is 0. The molecule has 96 valence electrons. The van der Waals surface area contributed by atoms with E-state index in [-0.39, 0.29) is 0 Å². The van der Waals surface area contributed by atoms with Crippen LogP contribution in [0.25, 0.3) is 11.3 Å². The molecule has 1 aliphatic rings. The van der Waals surface area contributed by atoms with Crippen LogP contribution < -0.4 is 5.73 Å². The van der Waals surface area contributed by atoms with Gasteiger partial charge in [0.05, 0.1) is 6.04 Å². The second kappa shape index (κ2) is 4.71. The number of rotatable bonds is 2. The fourth-order valence-corrected chi connectivity index (χ4v) is 2.54. The molecule has 1 aromatic heterocycles. The predicted octanol–water partition coefficient (Wildman–Crippen LogP) is 3.49. The number of anilines is 1. The van der Waals surface area contributed by atoms with Crippen molar-refractivity contribution in [1.82, 2.24) is 9.78 Å². The molecule has 0 spiro atoms. The quantitative estimate of drug-likeness (QED) is 0.922. The fraction of sp³-hybridized carbons (Fsp3) is 0.286. The molecule has 2 N–H and O–H groups in total. The zero-order chi connectivity index (χ0) is 13.4. The van der Waals surface area contributed by atoms with Crippen LogP contribution in [0.15, 0.2) is 28.7 Å². The van der Waals surface area contributed by atoms with Crippen LogP contribution in [0, 0.1) is 11.3 Å². The van der Waals surface area contributed by atoms with E-state index < -0.39 is 0 Å². The first-order valence-electron chi connectivity index (χ1n) is 6.24. The van der Waals surface area contributed by atoms with Gasteiger partial charge in [-0.3, -0.25) is 0 Å². The lowest BCUT2D eigenvalue weighted by atomic mass is 9.93. The van der Waals surface area contributed by atoms with Gasteiger partial charge in [-0.2, -0.15) is 10.4 Å². The van der Waals surface area contributed by atoms with Crippen molar-refractivity contribution < 1.29 is 0 Å². The number of nitrogens with zero attached hydrogens (tertiary/aromatic N) is 3. The first-order chi connectivity index (χ1) is 9.20. The van der Waals surface area contributed by atoms with Gasteiger partial charge in [0.25, 0.3) is 0 Å². The molecule has 0 aliphatic heterocycles. The van der Waals surface area contributed by atoms with Crippen molar-refractivity contribution in [3.63, 3.8) is 0 Å². The number of halogens is 1. The van der Waals surface area contributed by atoms with Crippen molar-refractivity contribution in [2.24, 2.45) is 0 Å². The van der Waals surface area contributed by atoms with E-state index in [9.17, 15) is 5.26 Å². The molecular weight excluding hydrogens is 304 g/mol. The summed E-state index contributed by atoms with van der Waals surface area (Å²) >= 11 is 3.40. The summed E-state index contributed by atoms with van der Waals surface area (Å²) in [5.41, 5.74) is 8.14. The number of nitrogen functional groups attached to an aromatic ring is 1. The van der Waals surface area contributed by atoms with Gasteiger partial charge >= 0.3 is 0 Å². The van der Waals surface area contributed by atoms with Crippen LogP contribution in [0.3, 0.4) is 0 Å². The lowest BCUT2D eigenvalue weighted by molar-refractivity contribution is 0.293. The number of nitrogens with two attached hydrogens (primary N) is 1. The van der Waals surface area contributed by atoms with Crippen molar-refractivity contribution in [1.29, 1.82) is 5.26 Å². The normalized spacial score (nSPS) is 14.9. The zero-order valence-electron chi connectivity index (χ0n) is 10.3. The summed E-state index contributed by atoms with van der Waals surface area (Å²) in [5, 5.41) is 13.9. The Morgan fingerprint density at radius 1 is 1.32 bits per heavy atom. The van der Waals surface area contributed by atoms with E-state index in [2.05, 4.69) is 27.1 Å². The van der Waals surface area contributed by atoms with Gasteiger partial charge in [0.15, 0.2) is 0 Å². The number of hydrogen-bond donors (Lipinski definition) is 1. The third-order valence-electron chi connectivity index (χ3n) is 3.60. The largest absolute Gasteiger partial charge is 0.383 e. The van der Waals surface area contributed by atoms with E-state index >= 15 is 0 Å². The molecule has 0 radical (unpaired) electrons. The molecule has 0 atom stereocenters. The highest BCUT2D eigenvalue weighted by Crippen LogP contribution is 2.36. The monoisotopic (exact) mass is 316 g/mol. The molecule has 2 aromatic rings. The van der Waals surface area contributed by atoms with Gasteiger partial charge in [0.2, 0.25) is 0 Å². The van der Waals surface area contributed by atoms with Crippen LogP contribution in [0.4, 0.5) is 5.82 Å². The molecule has 1 heterocycles. The lowest BCUT2D eigenvalue weighted by Gasteiger charge is -2.26. The second-order valence-corrected chi connectivity index (χ2v) is 5.67. The summed E-state index contributed by atoms with van der Waals surface area (Å²) in [6, 6.07) is 10.3. The van der Waals surface area contributed by atoms with Gasteiger partial charge < -0.3 is 5.73 Å². The number of nitriles is 1. The van der Waals surface area contributed by atoms with Crippen LogP contribution >= 0.6 is 15.9 Å². The number of aromatic nitrogens is 2. The van der Waals surface area contributed by atoms with E-state index in [4.69, 9.17) is 5.73 Å². The highest BCUT2D eigenvalue weighted by Gasteiger charge is 2.26. The number of benzene rings is 1. The molecular formula is C14H13BrN4. The van der Waals surface area contributed by atoms with E-state index in [1.165, 1.54) is 6.42 Å². The SMILES string of the molecule is N#Cc1c(-c2ccc(Br)cc2)nn(C2CCC2)c1N. The fourth-order valence-electron chi connectivity index (χ4n) is 2.28. The van der Waals surface area contributed by atoms with Crippen LogP contribution in [-0.2, 0) is 0 Å². The standard InChI is InChI=1S/C14H13BrN4/c15-10-6-4-9(5-7-10)13-12(8-16)14(17)19(18-13)11-2-1-3-11/h4-7,11H,1-3,17H2. The maximum atomic E-state index is 9.31. The first kappa shape index (κ1) is 12.2. The van der Waals surface area contributed by atoms with Crippen molar-refractivity contribution in [2.75, 3.05) is 5.73 Å². The van der Waals surface area contributed by atoms with E-state index in [0.717, 1.165) is 22.9 Å². The Bertz CT molecular complexity index is 647. The van der Waals surface area contributed by atoms with Crippen LogP contribution in [0.1, 0.15) is 30.9 Å². The van der Waals surface area contributed by atoms with Gasteiger partial charge in [0, 0.05) is 10.0 Å². The van der Waals surface area contributed by atoms with Crippen LogP contribution in [0.5, 0.6) is 0 Å². The number of hydrogen-bond acceptors (Lipinski definition) is 3. The third-order valence-corrected chi connectivity index (χ3v) is 4.13. The Hall–Kier alpha value is -1.80. The second-order valence-electron chi connectivity index (χ2n) is 4.76. The molecule has 0 unspecified atom stereocenters. The highest BCUT2D eigenvalue weighted by molar-refractivity contribution is 9.10. The van der Waals surface area contributed by atoms with Gasteiger partial charge in [-0.25, -0.2) is 4.68 Å². The molecule has 0 bridgehead atoms. The van der Waals surface area contributed by atoms with Gasteiger partial charge in [0.1, 0.15) is 23.1 Å². The summed E-state index contributed by atoms with van der Waals surface area (Å²) in [6.07, 6.45) is 3.40. The summed E-state index contributed by atoms with van der Waals surface area (Å²) in [4.78, 5) is 0. The Morgan fingerprint density at radius 3 is 2.53 bits per heavy atom. The maximum absolute atomic E-state index is 9.31. The Labute approximate surface area is 120 Å². The van der Waals surface area contributed by atoms with Crippen LogP contribution in [0.2, 0.25) is 0 Å². The lowest BCUT2D eigenvalue weighted by Crippen LogP contribution is -2.19. The molecule has 5 heteroatoms. The molecule has 1 saturated carbocycles. The van der Waals surface area contributed by atoms with E-state index in [1.54, 1.807) is 0 Å². The maximum Gasteiger partial charge on any atom is 0.140 e. The predicted molar refractivity (Wildman–Crippen MR) is 77.4 cm³/mol. The van der Waals surface area contributed by atoms with Crippen molar-refractivity contribution in [3.05, 3.63) is 34.3 Å². The average molecular weight is 317 g/mol. The summed E-state index contributed by atoms with van der Waals surface area (Å²) < 4.78 is 2.82. The summed E-state index contributed by atoms with van der Waals surface area (Å²) in [5.74, 6) is 0.491. The van der Waals surface area contributed by atoms with Crippen molar-refractivity contribution in [3.8, 4) is 17.3 Å². The zero-order valence-corrected chi connectivity index (χ0v) is 11.9. The molecule has 1 fully saturated rings. The topological polar surface area (TPSA) is 67.6 Å². The highest BCUT2D eigenvalue weighted by atomic mass is 79.9. The Balaban J connectivity index is 2.10. The molecule has 19 heavy (non-hydrogen) atoms. The minimum Gasteiger partial charge on any atom is -0.383 e. The van der Waals surface area contributed by atoms with Gasteiger partial charge in [-0.05, 0) is 31.4 Å². The van der Waals surface area contributed by atoms with Crippen LogP contribution in [-0.4, -0.2) is 9.78 Å². The molecule has 1 aliphatic carbocycles. The van der Waals surface area contributed by atoms with Crippen molar-refractivity contribution >= 4 is 21.7 Å². The smallest absolute Gasteiger partial charge is 0.140 e. The molecule has 4 nitrogen and oxygen atoms in total. The molecule has 0 amide bonds. The summed E-state index contributed by atoms with van der Waals surface area (Å²) in [6.45, 7) is 0. The third kappa shape index (κ3) is 2.02. The van der Waals surface area contributed by atoms with E-state index in [1.807, 2.05) is 28.9 Å². The average Bonchev–Trinajstić information content (AvgIpc) is 2.66.